The van der Waals surface area contributed by atoms with Crippen LogP contribution in [0.25, 0.3) is 0 Å². The Morgan fingerprint density at radius 1 is 1.27 bits per heavy atom. The fraction of sp³-hybridized carbons (Fsp3) is 0.300. The van der Waals surface area contributed by atoms with Gasteiger partial charge in [-0.2, -0.15) is 0 Å². The lowest BCUT2D eigenvalue weighted by Gasteiger charge is -2.22. The predicted octanol–water partition coefficient (Wildman–Crippen LogP) is 4.23. The normalized spacial score (nSPS) is 13.7. The summed E-state index contributed by atoms with van der Waals surface area (Å²) in [6.45, 7) is 1.81. The quantitative estimate of drug-likeness (QED) is 0.626. The zero-order valence-corrected chi connectivity index (χ0v) is 15.1. The average Bonchev–Trinajstić information content (AvgIpc) is 3.10. The molecule has 0 radical (unpaired) electrons. The molecule has 6 heteroatoms. The summed E-state index contributed by atoms with van der Waals surface area (Å²) in [5.74, 6) is 1.70. The zero-order chi connectivity index (χ0) is 17.9. The van der Waals surface area contributed by atoms with Gasteiger partial charge in [-0.05, 0) is 42.5 Å². The summed E-state index contributed by atoms with van der Waals surface area (Å²) in [6.07, 6.45) is 7.57. The van der Waals surface area contributed by atoms with E-state index in [0.717, 1.165) is 23.0 Å². The number of rotatable bonds is 7. The topological polar surface area (TPSA) is 51.3 Å². The molecule has 1 aliphatic rings. The lowest BCUT2D eigenvalue weighted by Crippen LogP contribution is -2.33. The molecule has 0 atom stereocenters. The summed E-state index contributed by atoms with van der Waals surface area (Å²) >= 11 is 6.28. The van der Waals surface area contributed by atoms with E-state index in [0.29, 0.717) is 24.8 Å². The highest BCUT2D eigenvalue weighted by Gasteiger charge is 2.29. The number of benzene rings is 1. The lowest BCUT2D eigenvalue weighted by molar-refractivity contribution is 0.0696. The molecule has 0 spiro atoms. The van der Waals surface area contributed by atoms with E-state index >= 15 is 0 Å². The van der Waals surface area contributed by atoms with Gasteiger partial charge in [0.15, 0.2) is 5.76 Å². The first-order valence-electron chi connectivity index (χ1n) is 8.77. The van der Waals surface area contributed by atoms with Gasteiger partial charge in [-0.3, -0.25) is 4.79 Å². The molecule has 1 aromatic carbocycles. The lowest BCUT2D eigenvalue weighted by atomic mass is 10.2. The minimum Gasteiger partial charge on any atom is -0.459 e. The monoisotopic (exact) mass is 369 g/mol. The molecule has 0 aliphatic heterocycles. The Labute approximate surface area is 157 Å². The molecule has 0 N–H and O–H groups in total. The van der Waals surface area contributed by atoms with Crippen LogP contribution in [0.3, 0.4) is 0 Å². The van der Waals surface area contributed by atoms with Gasteiger partial charge in [-0.25, -0.2) is 4.98 Å². The number of nitrogens with zero attached hydrogens (tertiary/aromatic N) is 3. The van der Waals surface area contributed by atoms with Crippen LogP contribution >= 0.6 is 11.6 Å². The summed E-state index contributed by atoms with van der Waals surface area (Å²) < 4.78 is 7.34. The van der Waals surface area contributed by atoms with E-state index in [9.17, 15) is 4.79 Å². The third-order valence-electron chi connectivity index (χ3n) is 4.63. The number of halogens is 1. The van der Waals surface area contributed by atoms with Crippen molar-refractivity contribution in [3.63, 3.8) is 0 Å². The van der Waals surface area contributed by atoms with E-state index in [1.54, 1.807) is 18.3 Å². The van der Waals surface area contributed by atoms with Crippen molar-refractivity contribution >= 4 is 17.5 Å². The van der Waals surface area contributed by atoms with Gasteiger partial charge in [0.2, 0.25) is 0 Å². The molecule has 1 fully saturated rings. The molecule has 26 heavy (non-hydrogen) atoms. The van der Waals surface area contributed by atoms with Gasteiger partial charge >= 0.3 is 0 Å². The first kappa shape index (κ1) is 16.9. The second-order valence-corrected chi connectivity index (χ2v) is 7.08. The number of aromatic nitrogens is 2. The molecule has 2 heterocycles. The Hall–Kier alpha value is -2.53. The zero-order valence-electron chi connectivity index (χ0n) is 14.3. The van der Waals surface area contributed by atoms with Crippen molar-refractivity contribution in [1.29, 1.82) is 0 Å². The van der Waals surface area contributed by atoms with E-state index < -0.39 is 0 Å². The van der Waals surface area contributed by atoms with Gasteiger partial charge in [0.05, 0.1) is 19.4 Å². The number of carbonyl (C=O) groups excluding carboxylic acids is 1. The molecule has 1 amide bonds. The van der Waals surface area contributed by atoms with Crippen molar-refractivity contribution in [3.05, 3.63) is 77.2 Å². The van der Waals surface area contributed by atoms with E-state index in [-0.39, 0.29) is 5.91 Å². The van der Waals surface area contributed by atoms with Crippen molar-refractivity contribution in [3.8, 4) is 0 Å². The third-order valence-corrected chi connectivity index (χ3v) is 5.00. The van der Waals surface area contributed by atoms with Crippen molar-refractivity contribution in [1.82, 2.24) is 14.5 Å². The van der Waals surface area contributed by atoms with Crippen LogP contribution in [0.2, 0.25) is 5.02 Å². The first-order chi connectivity index (χ1) is 12.7. The molecule has 0 bridgehead atoms. The second kappa shape index (κ2) is 7.38. The van der Waals surface area contributed by atoms with Gasteiger partial charge in [-0.1, -0.05) is 29.8 Å². The maximum Gasteiger partial charge on any atom is 0.289 e. The fourth-order valence-corrected chi connectivity index (χ4v) is 3.20. The van der Waals surface area contributed by atoms with Crippen LogP contribution in [-0.2, 0) is 13.1 Å². The van der Waals surface area contributed by atoms with Crippen LogP contribution in [0.1, 0.15) is 34.8 Å². The van der Waals surface area contributed by atoms with E-state index in [1.807, 2.05) is 39.9 Å². The number of imidazole rings is 1. The second-order valence-electron chi connectivity index (χ2n) is 6.67. The molecule has 134 valence electrons. The summed E-state index contributed by atoms with van der Waals surface area (Å²) in [7, 11) is 0. The molecule has 5 nitrogen and oxygen atoms in total. The van der Waals surface area contributed by atoms with Crippen molar-refractivity contribution < 1.29 is 9.21 Å². The number of hydrogen-bond donors (Lipinski definition) is 0. The fourth-order valence-electron chi connectivity index (χ4n) is 3.00. The van der Waals surface area contributed by atoms with Gasteiger partial charge in [0, 0.05) is 24.0 Å². The van der Waals surface area contributed by atoms with Crippen LogP contribution in [-0.4, -0.2) is 26.9 Å². The summed E-state index contributed by atoms with van der Waals surface area (Å²) in [6, 6.07) is 11.2. The molecule has 3 aromatic rings. The first-order valence-corrected chi connectivity index (χ1v) is 9.14. The maximum atomic E-state index is 12.8. The van der Waals surface area contributed by atoms with Crippen molar-refractivity contribution in [2.75, 3.05) is 6.54 Å². The van der Waals surface area contributed by atoms with Crippen molar-refractivity contribution in [2.24, 2.45) is 5.92 Å². The van der Waals surface area contributed by atoms with Crippen LogP contribution in [0, 0.1) is 5.92 Å². The molecule has 0 saturated heterocycles. The number of hydrogen-bond acceptors (Lipinski definition) is 3. The highest BCUT2D eigenvalue weighted by Crippen LogP contribution is 2.30. The van der Waals surface area contributed by atoms with Gasteiger partial charge in [0.1, 0.15) is 5.82 Å². The number of amides is 1. The summed E-state index contributed by atoms with van der Waals surface area (Å²) in [4.78, 5) is 19.1. The van der Waals surface area contributed by atoms with Crippen LogP contribution in [0.4, 0.5) is 0 Å². The Morgan fingerprint density at radius 2 is 2.12 bits per heavy atom. The third kappa shape index (κ3) is 3.83. The molecule has 4 rings (SSSR count). The van der Waals surface area contributed by atoms with E-state index in [1.165, 1.54) is 19.1 Å². The highest BCUT2D eigenvalue weighted by atomic mass is 35.5. The van der Waals surface area contributed by atoms with Crippen LogP contribution < -0.4 is 0 Å². The summed E-state index contributed by atoms with van der Waals surface area (Å²) in [5, 5.41) is 0.730. The van der Waals surface area contributed by atoms with Gasteiger partial charge < -0.3 is 13.9 Å². The Kier molecular flexibility index (Phi) is 4.80. The Bertz CT molecular complexity index is 884. The molecular formula is C20H20ClN3O2. The molecule has 1 saturated carbocycles. The predicted molar refractivity (Wildman–Crippen MR) is 99.0 cm³/mol. The minimum absolute atomic E-state index is 0.0887. The van der Waals surface area contributed by atoms with E-state index in [4.69, 9.17) is 16.0 Å². The number of carbonyl (C=O) groups is 1. The number of furan rings is 1. The van der Waals surface area contributed by atoms with Crippen LogP contribution in [0.5, 0.6) is 0 Å². The van der Waals surface area contributed by atoms with Crippen LogP contribution in [0.15, 0.2) is 59.5 Å². The van der Waals surface area contributed by atoms with Crippen molar-refractivity contribution in [2.45, 2.75) is 25.9 Å². The minimum atomic E-state index is -0.0887. The summed E-state index contributed by atoms with van der Waals surface area (Å²) in [5.41, 5.74) is 1.03. The maximum absolute atomic E-state index is 12.8. The SMILES string of the molecule is O=C(c1ccco1)N(Cc1nccn1Cc1ccccc1Cl)CC1CC1. The molecular weight excluding hydrogens is 350 g/mol. The Morgan fingerprint density at radius 3 is 2.85 bits per heavy atom. The Balaban J connectivity index is 1.53. The largest absolute Gasteiger partial charge is 0.459 e. The standard InChI is InChI=1S/C20H20ClN3O2/c21-17-5-2-1-4-16(17)13-23-10-9-22-19(23)14-24(12-15-7-8-15)20(25)18-6-3-11-26-18/h1-6,9-11,15H,7-8,12-14H2. The molecule has 1 aliphatic carbocycles. The van der Waals surface area contributed by atoms with Gasteiger partial charge in [0.25, 0.3) is 5.91 Å². The average molecular weight is 370 g/mol. The van der Waals surface area contributed by atoms with E-state index in [2.05, 4.69) is 4.98 Å². The molecule has 2 aromatic heterocycles. The highest BCUT2D eigenvalue weighted by molar-refractivity contribution is 6.31. The molecule has 0 unspecified atom stereocenters. The van der Waals surface area contributed by atoms with Gasteiger partial charge in [-0.15, -0.1) is 0 Å². The smallest absolute Gasteiger partial charge is 0.289 e.